The maximum Gasteiger partial charge on any atom is 0.260 e. The number of carbonyl (C=O) groups excluding carboxylic acids is 1. The number of hydrogen-bond donors (Lipinski definition) is 0. The summed E-state index contributed by atoms with van der Waals surface area (Å²) in [6.07, 6.45) is 0.528. The van der Waals surface area contributed by atoms with Crippen LogP contribution in [0.4, 0.5) is 10.1 Å². The number of anilines is 1. The normalized spacial score (nSPS) is 22.3. The number of carbonyl (C=O) groups is 1. The van der Waals surface area contributed by atoms with E-state index in [0.29, 0.717) is 22.8 Å². The summed E-state index contributed by atoms with van der Waals surface area (Å²) in [5, 5.41) is 0.337. The van der Waals surface area contributed by atoms with Gasteiger partial charge in [-0.05, 0) is 61.6 Å². The van der Waals surface area contributed by atoms with Crippen molar-refractivity contribution in [2.75, 3.05) is 4.90 Å². The molecule has 2 aliphatic rings. The van der Waals surface area contributed by atoms with E-state index in [1.165, 1.54) is 12.1 Å². The van der Waals surface area contributed by atoms with Gasteiger partial charge in [-0.15, -0.1) is 0 Å². The number of thiocarbonyl (C=S) groups is 1. The standard InChI is InChI=1S/C24H19FN2O2S/c1-24-15-20(19-9-5-6-10-21(19)29-24)26(22(28)16-7-3-2-4-8-16)23(30)27(24)18-13-11-17(25)12-14-18/h2-14,20H,15H2,1H3/t20-,24+/m0/s1. The number of rotatable bonds is 2. The highest BCUT2D eigenvalue weighted by Crippen LogP contribution is 2.49. The molecule has 2 atom stereocenters. The Morgan fingerprint density at radius 2 is 1.70 bits per heavy atom. The maximum absolute atomic E-state index is 13.6. The van der Waals surface area contributed by atoms with Crippen molar-refractivity contribution in [3.8, 4) is 5.75 Å². The van der Waals surface area contributed by atoms with Gasteiger partial charge in [0.25, 0.3) is 5.91 Å². The second-order valence-electron chi connectivity index (χ2n) is 7.67. The fraction of sp³-hybridized carbons (Fsp3) is 0.167. The number of halogens is 1. The lowest BCUT2D eigenvalue weighted by molar-refractivity contribution is 0.0184. The van der Waals surface area contributed by atoms with Gasteiger partial charge in [0.15, 0.2) is 10.8 Å². The van der Waals surface area contributed by atoms with Crippen molar-refractivity contribution in [3.05, 3.63) is 95.8 Å². The van der Waals surface area contributed by atoms with E-state index < -0.39 is 5.72 Å². The highest BCUT2D eigenvalue weighted by atomic mass is 32.1. The number of benzene rings is 3. The first-order valence-corrected chi connectivity index (χ1v) is 10.1. The largest absolute Gasteiger partial charge is 0.467 e. The summed E-state index contributed by atoms with van der Waals surface area (Å²) >= 11 is 5.85. The zero-order valence-corrected chi connectivity index (χ0v) is 17.1. The van der Waals surface area contributed by atoms with Gasteiger partial charge in [0.2, 0.25) is 0 Å². The van der Waals surface area contributed by atoms with E-state index in [2.05, 4.69) is 0 Å². The number of hydrogen-bond acceptors (Lipinski definition) is 3. The molecular weight excluding hydrogens is 399 g/mol. The summed E-state index contributed by atoms with van der Waals surface area (Å²) < 4.78 is 20.0. The van der Waals surface area contributed by atoms with Gasteiger partial charge in [-0.1, -0.05) is 36.4 Å². The molecule has 5 rings (SSSR count). The third-order valence-electron chi connectivity index (χ3n) is 5.69. The molecule has 2 bridgehead atoms. The van der Waals surface area contributed by atoms with E-state index in [0.717, 1.165) is 11.3 Å². The Morgan fingerprint density at radius 3 is 2.43 bits per heavy atom. The fourth-order valence-corrected chi connectivity index (χ4v) is 4.84. The molecule has 3 aromatic rings. The van der Waals surface area contributed by atoms with E-state index >= 15 is 0 Å². The minimum absolute atomic E-state index is 0.170. The molecule has 0 aliphatic carbocycles. The van der Waals surface area contributed by atoms with Crippen LogP contribution in [0.2, 0.25) is 0 Å². The second kappa shape index (κ2) is 6.92. The zero-order valence-electron chi connectivity index (χ0n) is 16.3. The third-order valence-corrected chi connectivity index (χ3v) is 6.07. The van der Waals surface area contributed by atoms with Crippen molar-refractivity contribution in [1.29, 1.82) is 0 Å². The molecule has 0 N–H and O–H groups in total. The summed E-state index contributed by atoms with van der Waals surface area (Å²) in [7, 11) is 0. The van der Waals surface area contributed by atoms with Crippen LogP contribution in [-0.4, -0.2) is 21.6 Å². The quantitative estimate of drug-likeness (QED) is 0.528. The fourth-order valence-electron chi connectivity index (χ4n) is 4.33. The number of para-hydroxylation sites is 1. The van der Waals surface area contributed by atoms with Crippen LogP contribution in [0, 0.1) is 5.82 Å². The second-order valence-corrected chi connectivity index (χ2v) is 8.04. The summed E-state index contributed by atoms with van der Waals surface area (Å²) in [4.78, 5) is 17.0. The SMILES string of the molecule is C[C@]12C[C@@H](c3ccccc3O1)N(C(=O)c1ccccc1)C(=S)N2c1ccc(F)cc1. The zero-order chi connectivity index (χ0) is 20.9. The van der Waals surface area contributed by atoms with Gasteiger partial charge in [-0.3, -0.25) is 14.6 Å². The van der Waals surface area contributed by atoms with Gasteiger partial charge < -0.3 is 4.74 Å². The Hall–Kier alpha value is -3.25. The summed E-state index contributed by atoms with van der Waals surface area (Å²) in [5.74, 6) is 0.213. The molecule has 0 aromatic heterocycles. The van der Waals surface area contributed by atoms with E-state index in [1.54, 1.807) is 29.2 Å². The first kappa shape index (κ1) is 18.8. The van der Waals surface area contributed by atoms with Crippen molar-refractivity contribution in [2.45, 2.75) is 25.1 Å². The molecule has 30 heavy (non-hydrogen) atoms. The third kappa shape index (κ3) is 2.87. The molecule has 1 amide bonds. The van der Waals surface area contributed by atoms with E-state index in [4.69, 9.17) is 17.0 Å². The number of nitrogens with zero attached hydrogens (tertiary/aromatic N) is 2. The van der Waals surface area contributed by atoms with Gasteiger partial charge in [-0.2, -0.15) is 0 Å². The molecule has 3 aromatic carbocycles. The Morgan fingerprint density at radius 1 is 1.03 bits per heavy atom. The van der Waals surface area contributed by atoms with Crippen molar-refractivity contribution in [2.24, 2.45) is 0 Å². The minimum Gasteiger partial charge on any atom is -0.467 e. The highest BCUT2D eigenvalue weighted by molar-refractivity contribution is 7.80. The lowest BCUT2D eigenvalue weighted by Crippen LogP contribution is -2.67. The van der Waals surface area contributed by atoms with E-state index in [9.17, 15) is 9.18 Å². The van der Waals surface area contributed by atoms with Crippen LogP contribution in [0.15, 0.2) is 78.9 Å². The number of fused-ring (bicyclic) bond motifs is 4. The van der Waals surface area contributed by atoms with Crippen LogP contribution < -0.4 is 9.64 Å². The Balaban J connectivity index is 1.67. The maximum atomic E-state index is 13.6. The molecule has 150 valence electrons. The smallest absolute Gasteiger partial charge is 0.260 e. The lowest BCUT2D eigenvalue weighted by Gasteiger charge is -2.55. The summed E-state index contributed by atoms with van der Waals surface area (Å²) in [6.45, 7) is 1.95. The molecule has 2 heterocycles. The Kier molecular flexibility index (Phi) is 4.33. The van der Waals surface area contributed by atoms with Crippen molar-refractivity contribution in [1.82, 2.24) is 4.90 Å². The van der Waals surface area contributed by atoms with Crippen molar-refractivity contribution in [3.63, 3.8) is 0 Å². The topological polar surface area (TPSA) is 32.8 Å². The summed E-state index contributed by atoms with van der Waals surface area (Å²) in [6, 6.07) is 22.7. The Bertz CT molecular complexity index is 1140. The van der Waals surface area contributed by atoms with Crippen LogP contribution in [0.1, 0.15) is 35.3 Å². The lowest BCUT2D eigenvalue weighted by atomic mass is 9.88. The van der Waals surface area contributed by atoms with Crippen molar-refractivity contribution < 1.29 is 13.9 Å². The molecule has 1 saturated heterocycles. The molecule has 4 nitrogen and oxygen atoms in total. The number of ether oxygens (including phenoxy) is 1. The average Bonchev–Trinajstić information content (AvgIpc) is 2.75. The van der Waals surface area contributed by atoms with Crippen LogP contribution in [0.3, 0.4) is 0 Å². The highest BCUT2D eigenvalue weighted by Gasteiger charge is 2.53. The molecule has 2 aliphatic heterocycles. The first-order valence-electron chi connectivity index (χ1n) is 9.74. The van der Waals surface area contributed by atoms with E-state index in [-0.39, 0.29) is 17.8 Å². The van der Waals surface area contributed by atoms with E-state index in [1.807, 2.05) is 54.3 Å². The molecule has 1 fully saturated rings. The monoisotopic (exact) mass is 418 g/mol. The molecule has 0 radical (unpaired) electrons. The van der Waals surface area contributed by atoms with Gasteiger partial charge >= 0.3 is 0 Å². The van der Waals surface area contributed by atoms with Crippen LogP contribution >= 0.6 is 12.2 Å². The van der Waals surface area contributed by atoms with Crippen LogP contribution in [0.25, 0.3) is 0 Å². The van der Waals surface area contributed by atoms with Crippen molar-refractivity contribution >= 4 is 28.9 Å². The number of amides is 1. The summed E-state index contributed by atoms with van der Waals surface area (Å²) in [5.41, 5.74) is 1.36. The van der Waals surface area contributed by atoms with Crippen LogP contribution in [0.5, 0.6) is 5.75 Å². The predicted octanol–water partition coefficient (Wildman–Crippen LogP) is 5.31. The molecule has 0 unspecified atom stereocenters. The average molecular weight is 418 g/mol. The predicted molar refractivity (Wildman–Crippen MR) is 117 cm³/mol. The van der Waals surface area contributed by atoms with Crippen LogP contribution in [-0.2, 0) is 0 Å². The Labute approximate surface area is 179 Å². The molecule has 0 spiro atoms. The van der Waals surface area contributed by atoms with Gasteiger partial charge in [0, 0.05) is 23.2 Å². The van der Waals surface area contributed by atoms with Gasteiger partial charge in [0.1, 0.15) is 11.6 Å². The minimum atomic E-state index is -0.804. The molecular formula is C24H19FN2O2S. The van der Waals surface area contributed by atoms with Gasteiger partial charge in [0.05, 0.1) is 6.04 Å². The molecule has 0 saturated carbocycles. The van der Waals surface area contributed by atoms with Gasteiger partial charge in [-0.25, -0.2) is 4.39 Å². The first-order chi connectivity index (χ1) is 14.5. The molecule has 6 heteroatoms.